The van der Waals surface area contributed by atoms with Gasteiger partial charge in [-0.25, -0.2) is 0 Å². The van der Waals surface area contributed by atoms with E-state index in [1.54, 1.807) is 0 Å². The first kappa shape index (κ1) is 14.3. The van der Waals surface area contributed by atoms with Crippen molar-refractivity contribution in [2.24, 2.45) is 23.7 Å². The van der Waals surface area contributed by atoms with Crippen LogP contribution in [0.3, 0.4) is 0 Å². The quantitative estimate of drug-likeness (QED) is 0.796. The molecule has 1 unspecified atom stereocenters. The van der Waals surface area contributed by atoms with Crippen LogP contribution in [-0.2, 0) is 4.74 Å². The average Bonchev–Trinajstić information content (AvgIpc) is 2.50. The Hall–Kier alpha value is -0.120. The second kappa shape index (κ2) is 5.48. The zero-order chi connectivity index (χ0) is 13.3. The van der Waals surface area contributed by atoms with Gasteiger partial charge in [-0.05, 0) is 56.3 Å². The van der Waals surface area contributed by atoms with E-state index >= 15 is 0 Å². The van der Waals surface area contributed by atoms with Crippen LogP contribution in [0.15, 0.2) is 0 Å². The molecule has 18 heavy (non-hydrogen) atoms. The van der Waals surface area contributed by atoms with E-state index in [1.165, 1.54) is 0 Å². The first-order valence-electron chi connectivity index (χ1n) is 7.44. The lowest BCUT2D eigenvalue weighted by Gasteiger charge is -2.49. The van der Waals surface area contributed by atoms with Gasteiger partial charge in [-0.15, -0.1) is 0 Å². The predicted octanol–water partition coefficient (Wildman–Crippen LogP) is 2.21. The zero-order valence-corrected chi connectivity index (χ0v) is 11.9. The summed E-state index contributed by atoms with van der Waals surface area (Å²) in [6, 6.07) is 0. The molecule has 0 aromatic rings. The third-order valence-corrected chi connectivity index (χ3v) is 5.36. The van der Waals surface area contributed by atoms with E-state index in [9.17, 15) is 10.2 Å². The molecule has 2 rings (SSSR count). The van der Waals surface area contributed by atoms with E-state index < -0.39 is 5.60 Å². The molecule has 2 fully saturated rings. The Balaban J connectivity index is 2.24. The second-order valence-corrected chi connectivity index (χ2v) is 6.62. The van der Waals surface area contributed by atoms with Gasteiger partial charge < -0.3 is 14.9 Å². The number of ether oxygens (including phenoxy) is 1. The number of fused-ring (bicyclic) bond motifs is 1. The number of aliphatic hydroxyl groups is 2. The maximum absolute atomic E-state index is 11.2. The van der Waals surface area contributed by atoms with Gasteiger partial charge in [-0.3, -0.25) is 0 Å². The van der Waals surface area contributed by atoms with Crippen LogP contribution in [0.2, 0.25) is 0 Å². The van der Waals surface area contributed by atoms with E-state index in [1.807, 2.05) is 6.92 Å². The second-order valence-electron chi connectivity index (χ2n) is 6.62. The van der Waals surface area contributed by atoms with Gasteiger partial charge in [0, 0.05) is 6.61 Å². The molecule has 1 heterocycles. The molecule has 3 heteroatoms. The topological polar surface area (TPSA) is 49.7 Å². The molecule has 1 aliphatic heterocycles. The standard InChI is InChI=1S/C15H28O3/c1-10-4-6-14(11(2)8-16)15(17)9-18-12(3)5-7-13(10)15/h10-14,16-17H,4-9H2,1-3H3/t10-,11+,12+,13+,14?,15-/m1/s1. The van der Waals surface area contributed by atoms with Crippen molar-refractivity contribution in [2.45, 2.75) is 58.2 Å². The molecule has 1 saturated heterocycles. The number of rotatable bonds is 2. The summed E-state index contributed by atoms with van der Waals surface area (Å²) in [6.07, 6.45) is 4.51. The third-order valence-electron chi connectivity index (χ3n) is 5.36. The molecule has 0 spiro atoms. The summed E-state index contributed by atoms with van der Waals surface area (Å²) in [7, 11) is 0. The monoisotopic (exact) mass is 256 g/mol. The van der Waals surface area contributed by atoms with Gasteiger partial charge in [-0.2, -0.15) is 0 Å². The minimum Gasteiger partial charge on any atom is -0.396 e. The molecule has 106 valence electrons. The summed E-state index contributed by atoms with van der Waals surface area (Å²) in [5.41, 5.74) is -0.732. The van der Waals surface area contributed by atoms with Crippen molar-refractivity contribution in [1.82, 2.24) is 0 Å². The third kappa shape index (κ3) is 2.45. The van der Waals surface area contributed by atoms with Crippen LogP contribution >= 0.6 is 0 Å². The molecule has 0 amide bonds. The van der Waals surface area contributed by atoms with Crippen molar-refractivity contribution in [3.63, 3.8) is 0 Å². The van der Waals surface area contributed by atoms with Crippen molar-refractivity contribution in [2.75, 3.05) is 13.2 Å². The maximum Gasteiger partial charge on any atom is 0.0942 e. The van der Waals surface area contributed by atoms with Gasteiger partial charge >= 0.3 is 0 Å². The molecule has 1 saturated carbocycles. The fourth-order valence-corrected chi connectivity index (χ4v) is 4.09. The minimum absolute atomic E-state index is 0.155. The molecule has 6 atom stereocenters. The summed E-state index contributed by atoms with van der Waals surface area (Å²) in [4.78, 5) is 0. The van der Waals surface area contributed by atoms with Crippen LogP contribution in [0.25, 0.3) is 0 Å². The normalized spacial score (nSPS) is 47.2. The van der Waals surface area contributed by atoms with E-state index in [2.05, 4.69) is 13.8 Å². The van der Waals surface area contributed by atoms with Crippen LogP contribution in [0.5, 0.6) is 0 Å². The Morgan fingerprint density at radius 1 is 1.22 bits per heavy atom. The lowest BCUT2D eigenvalue weighted by Crippen LogP contribution is -2.55. The smallest absolute Gasteiger partial charge is 0.0942 e. The van der Waals surface area contributed by atoms with E-state index in [0.29, 0.717) is 18.4 Å². The Morgan fingerprint density at radius 3 is 2.61 bits per heavy atom. The highest BCUT2D eigenvalue weighted by Crippen LogP contribution is 2.48. The lowest BCUT2D eigenvalue weighted by atomic mass is 9.60. The molecular weight excluding hydrogens is 228 g/mol. The summed E-state index contributed by atoms with van der Waals surface area (Å²) in [6.45, 7) is 6.99. The van der Waals surface area contributed by atoms with Gasteiger partial charge in [0.2, 0.25) is 0 Å². The zero-order valence-electron chi connectivity index (χ0n) is 11.9. The minimum atomic E-state index is -0.732. The van der Waals surface area contributed by atoms with Crippen molar-refractivity contribution < 1.29 is 14.9 Å². The molecular formula is C15H28O3. The molecule has 0 radical (unpaired) electrons. The molecule has 2 aliphatic rings. The van der Waals surface area contributed by atoms with Crippen LogP contribution < -0.4 is 0 Å². The average molecular weight is 256 g/mol. The summed E-state index contributed by atoms with van der Waals surface area (Å²) < 4.78 is 5.82. The highest BCUT2D eigenvalue weighted by atomic mass is 16.5. The van der Waals surface area contributed by atoms with E-state index in [-0.39, 0.29) is 24.5 Å². The number of hydrogen-bond acceptors (Lipinski definition) is 3. The van der Waals surface area contributed by atoms with Gasteiger partial charge in [0.1, 0.15) is 0 Å². The first-order chi connectivity index (χ1) is 8.49. The highest BCUT2D eigenvalue weighted by Gasteiger charge is 2.51. The van der Waals surface area contributed by atoms with E-state index in [0.717, 1.165) is 25.7 Å². The molecule has 0 aromatic carbocycles. The summed E-state index contributed by atoms with van der Waals surface area (Å²) in [5.74, 6) is 1.22. The Morgan fingerprint density at radius 2 is 1.94 bits per heavy atom. The van der Waals surface area contributed by atoms with Gasteiger partial charge in [0.05, 0.1) is 18.3 Å². The Kier molecular flexibility index (Phi) is 4.35. The molecule has 2 N–H and O–H groups in total. The Labute approximate surface area is 111 Å². The summed E-state index contributed by atoms with van der Waals surface area (Å²) in [5, 5.41) is 20.6. The molecule has 1 aliphatic carbocycles. The van der Waals surface area contributed by atoms with Gasteiger partial charge in [0.25, 0.3) is 0 Å². The fraction of sp³-hybridized carbons (Fsp3) is 1.00. The van der Waals surface area contributed by atoms with Crippen LogP contribution in [0.4, 0.5) is 0 Å². The molecule has 3 nitrogen and oxygen atoms in total. The highest BCUT2D eigenvalue weighted by molar-refractivity contribution is 5.01. The Bertz CT molecular complexity index is 273. The van der Waals surface area contributed by atoms with Crippen LogP contribution in [-0.4, -0.2) is 35.1 Å². The maximum atomic E-state index is 11.2. The molecule has 0 aromatic heterocycles. The number of aliphatic hydroxyl groups excluding tert-OH is 1. The lowest BCUT2D eigenvalue weighted by molar-refractivity contribution is -0.165. The SMILES string of the molecule is C[C@@H]1CCC([C@@H](C)CO)[C@@]2(O)CO[C@@H](C)CC[C@@H]12. The largest absolute Gasteiger partial charge is 0.396 e. The van der Waals surface area contributed by atoms with Gasteiger partial charge in [-0.1, -0.05) is 13.8 Å². The molecule has 0 bridgehead atoms. The van der Waals surface area contributed by atoms with E-state index in [4.69, 9.17) is 4.74 Å². The van der Waals surface area contributed by atoms with Crippen molar-refractivity contribution in [3.8, 4) is 0 Å². The predicted molar refractivity (Wildman–Crippen MR) is 71.2 cm³/mol. The van der Waals surface area contributed by atoms with Crippen molar-refractivity contribution in [1.29, 1.82) is 0 Å². The van der Waals surface area contributed by atoms with Crippen LogP contribution in [0.1, 0.15) is 46.5 Å². The van der Waals surface area contributed by atoms with Crippen molar-refractivity contribution >= 4 is 0 Å². The first-order valence-corrected chi connectivity index (χ1v) is 7.44. The van der Waals surface area contributed by atoms with Crippen LogP contribution in [0, 0.1) is 23.7 Å². The van der Waals surface area contributed by atoms with Crippen molar-refractivity contribution in [3.05, 3.63) is 0 Å². The summed E-state index contributed by atoms with van der Waals surface area (Å²) >= 11 is 0. The number of hydrogen-bond donors (Lipinski definition) is 2. The van der Waals surface area contributed by atoms with Gasteiger partial charge in [0.15, 0.2) is 0 Å². The fourth-order valence-electron chi connectivity index (χ4n) is 4.09.